The number of amidine groups is 1. The van der Waals surface area contributed by atoms with E-state index in [2.05, 4.69) is 25.7 Å². The van der Waals surface area contributed by atoms with Crippen molar-refractivity contribution in [2.45, 2.75) is 55.9 Å². The first-order valence-electron chi connectivity index (χ1n) is 12.4. The summed E-state index contributed by atoms with van der Waals surface area (Å²) in [5, 5.41) is 13.0. The van der Waals surface area contributed by atoms with Gasteiger partial charge in [-0.2, -0.15) is 5.10 Å². The Hall–Kier alpha value is -2.38. The minimum absolute atomic E-state index is 0.0121. The summed E-state index contributed by atoms with van der Waals surface area (Å²) in [5.74, 6) is 1.52. The van der Waals surface area contributed by atoms with Gasteiger partial charge in [-0.25, -0.2) is 14.6 Å². The van der Waals surface area contributed by atoms with E-state index in [0.29, 0.717) is 37.2 Å². The monoisotopic (exact) mass is 532 g/mol. The summed E-state index contributed by atoms with van der Waals surface area (Å²) in [7, 11) is 1.66. The van der Waals surface area contributed by atoms with Crippen LogP contribution in [0.4, 0.5) is 5.82 Å². The van der Waals surface area contributed by atoms with Gasteiger partial charge in [0.05, 0.1) is 42.7 Å². The van der Waals surface area contributed by atoms with Crippen molar-refractivity contribution in [3.63, 3.8) is 0 Å². The van der Waals surface area contributed by atoms with Crippen LogP contribution >= 0.6 is 23.5 Å². The molecule has 3 unspecified atom stereocenters. The van der Waals surface area contributed by atoms with Gasteiger partial charge in [-0.3, -0.25) is 19.5 Å². The molecular weight excluding hydrogens is 500 g/mol. The molecule has 13 heteroatoms. The normalized spacial score (nSPS) is 23.4. The molecule has 0 radical (unpaired) electrons. The molecule has 36 heavy (non-hydrogen) atoms. The Morgan fingerprint density at radius 3 is 2.97 bits per heavy atom. The smallest absolute Gasteiger partial charge is 0.234 e. The van der Waals surface area contributed by atoms with Crippen LogP contribution in [0.1, 0.15) is 32.1 Å². The van der Waals surface area contributed by atoms with Crippen molar-refractivity contribution in [3.8, 4) is 0 Å². The second-order valence-electron chi connectivity index (χ2n) is 9.18. The van der Waals surface area contributed by atoms with Crippen LogP contribution in [-0.2, 0) is 20.9 Å². The standard InChI is InChI=1S/C23H32N8O3S2/c1-34-10-8-25-19-16-12-26-30(20(16)29-22(28-19)35-2)9-7-24-18(32)11-14-13-36-23-27-17-6-4-3-5-15(17)21(33)31(14)23/h12,14-15,17H,3-11,13H2,1-2H3,(H,24,32)(H,25,28,29). The molecule has 1 saturated heterocycles. The Labute approximate surface area is 218 Å². The highest BCUT2D eigenvalue weighted by molar-refractivity contribution is 8.14. The average molecular weight is 533 g/mol. The van der Waals surface area contributed by atoms with Crippen molar-refractivity contribution in [1.82, 2.24) is 30.0 Å². The zero-order valence-corrected chi connectivity index (χ0v) is 22.2. The number of nitrogens with one attached hydrogen (secondary N) is 2. The van der Waals surface area contributed by atoms with Gasteiger partial charge in [0.1, 0.15) is 5.82 Å². The van der Waals surface area contributed by atoms with Gasteiger partial charge in [0.25, 0.3) is 0 Å². The summed E-state index contributed by atoms with van der Waals surface area (Å²) in [6.45, 7) is 2.10. The van der Waals surface area contributed by atoms with Gasteiger partial charge in [-0.1, -0.05) is 36.4 Å². The van der Waals surface area contributed by atoms with Gasteiger partial charge < -0.3 is 15.4 Å². The number of hydrogen-bond acceptors (Lipinski definition) is 10. The van der Waals surface area contributed by atoms with Gasteiger partial charge in [0.15, 0.2) is 16.0 Å². The molecule has 2 aliphatic heterocycles. The number of thioether (sulfide) groups is 2. The maximum absolute atomic E-state index is 13.2. The number of ether oxygens (including phenoxy) is 1. The molecule has 3 atom stereocenters. The molecule has 2 aromatic rings. The molecule has 3 aliphatic rings. The van der Waals surface area contributed by atoms with Crippen molar-refractivity contribution in [1.29, 1.82) is 0 Å². The Balaban J connectivity index is 1.18. The summed E-state index contributed by atoms with van der Waals surface area (Å²) in [6, 6.07) is -0.000121. The van der Waals surface area contributed by atoms with Crippen LogP contribution in [0, 0.1) is 5.92 Å². The zero-order chi connectivity index (χ0) is 25.1. The van der Waals surface area contributed by atoms with E-state index < -0.39 is 0 Å². The van der Waals surface area contributed by atoms with Crippen LogP contribution in [0.2, 0.25) is 0 Å². The number of aromatic nitrogens is 4. The van der Waals surface area contributed by atoms with E-state index in [1.807, 2.05) is 6.26 Å². The number of fused-ring (bicyclic) bond motifs is 3. The quantitative estimate of drug-likeness (QED) is 0.268. The molecule has 11 nitrogen and oxygen atoms in total. The fraction of sp³-hybridized carbons (Fsp3) is 0.652. The molecule has 1 aliphatic carbocycles. The molecule has 2 N–H and O–H groups in total. The minimum atomic E-state index is -0.132. The first kappa shape index (κ1) is 25.3. The third kappa shape index (κ3) is 5.18. The summed E-state index contributed by atoms with van der Waals surface area (Å²) < 4.78 is 6.90. The predicted molar refractivity (Wildman–Crippen MR) is 141 cm³/mol. The molecule has 0 bridgehead atoms. The summed E-state index contributed by atoms with van der Waals surface area (Å²) in [6.07, 6.45) is 8.08. The van der Waals surface area contributed by atoms with Gasteiger partial charge >= 0.3 is 0 Å². The number of anilines is 1. The van der Waals surface area contributed by atoms with Crippen molar-refractivity contribution in [2.75, 3.05) is 44.1 Å². The lowest BCUT2D eigenvalue weighted by atomic mass is 9.83. The van der Waals surface area contributed by atoms with Crippen LogP contribution in [0.5, 0.6) is 0 Å². The second kappa shape index (κ2) is 11.3. The van der Waals surface area contributed by atoms with Crippen molar-refractivity contribution in [3.05, 3.63) is 6.20 Å². The maximum Gasteiger partial charge on any atom is 0.234 e. The Morgan fingerprint density at radius 2 is 2.14 bits per heavy atom. The molecule has 0 aromatic carbocycles. The van der Waals surface area contributed by atoms with Gasteiger partial charge in [-0.05, 0) is 19.1 Å². The molecule has 2 aromatic heterocycles. The highest BCUT2D eigenvalue weighted by Crippen LogP contribution is 2.38. The second-order valence-corrected chi connectivity index (χ2v) is 10.9. The number of nitrogens with zero attached hydrogens (tertiary/aromatic N) is 6. The first-order chi connectivity index (χ1) is 17.6. The van der Waals surface area contributed by atoms with Crippen LogP contribution in [0.25, 0.3) is 11.0 Å². The van der Waals surface area contributed by atoms with Crippen LogP contribution in [0.15, 0.2) is 16.3 Å². The highest BCUT2D eigenvalue weighted by atomic mass is 32.2. The lowest BCUT2D eigenvalue weighted by molar-refractivity contribution is -0.135. The minimum Gasteiger partial charge on any atom is -0.383 e. The molecular formula is C23H32N8O3S2. The fourth-order valence-corrected chi connectivity index (χ4v) is 6.61. The number of methoxy groups -OCH3 is 1. The van der Waals surface area contributed by atoms with E-state index in [4.69, 9.17) is 9.73 Å². The number of aliphatic imine (C=N–C) groups is 1. The number of hydrogen-bond donors (Lipinski definition) is 2. The Kier molecular flexibility index (Phi) is 7.96. The van der Waals surface area contributed by atoms with E-state index in [1.165, 1.54) is 11.8 Å². The zero-order valence-electron chi connectivity index (χ0n) is 20.6. The van der Waals surface area contributed by atoms with Crippen molar-refractivity contribution in [2.24, 2.45) is 10.9 Å². The topological polar surface area (TPSA) is 127 Å². The Morgan fingerprint density at radius 1 is 1.28 bits per heavy atom. The summed E-state index contributed by atoms with van der Waals surface area (Å²) >= 11 is 3.07. The van der Waals surface area contributed by atoms with Crippen molar-refractivity contribution < 1.29 is 14.3 Å². The van der Waals surface area contributed by atoms with Crippen LogP contribution < -0.4 is 10.6 Å². The molecule has 5 rings (SSSR count). The van der Waals surface area contributed by atoms with E-state index in [0.717, 1.165) is 47.7 Å². The van der Waals surface area contributed by atoms with E-state index in [-0.39, 0.29) is 36.2 Å². The number of amides is 2. The lowest BCUT2D eigenvalue weighted by Gasteiger charge is -2.37. The van der Waals surface area contributed by atoms with Crippen molar-refractivity contribution >= 4 is 57.4 Å². The van der Waals surface area contributed by atoms with Gasteiger partial charge in [0, 0.05) is 32.4 Å². The molecule has 2 amide bonds. The number of carbonyl (C=O) groups excluding carboxylic acids is 2. The fourth-order valence-electron chi connectivity index (χ4n) is 5.05. The highest BCUT2D eigenvalue weighted by Gasteiger charge is 2.45. The molecule has 1 saturated carbocycles. The van der Waals surface area contributed by atoms with E-state index in [1.54, 1.807) is 34.7 Å². The molecule has 194 valence electrons. The molecule has 4 heterocycles. The average Bonchev–Trinajstić information content (AvgIpc) is 3.48. The predicted octanol–water partition coefficient (Wildman–Crippen LogP) is 1.99. The maximum atomic E-state index is 13.2. The third-order valence-corrected chi connectivity index (χ3v) is 8.52. The third-order valence-electron chi connectivity index (χ3n) is 6.86. The van der Waals surface area contributed by atoms with E-state index in [9.17, 15) is 9.59 Å². The molecule has 2 fully saturated rings. The van der Waals surface area contributed by atoms with Crippen LogP contribution in [-0.4, -0.2) is 92.5 Å². The van der Waals surface area contributed by atoms with Crippen LogP contribution in [0.3, 0.4) is 0 Å². The first-order valence-corrected chi connectivity index (χ1v) is 14.6. The van der Waals surface area contributed by atoms with Gasteiger partial charge in [0.2, 0.25) is 11.8 Å². The number of rotatable bonds is 10. The summed E-state index contributed by atoms with van der Waals surface area (Å²) in [4.78, 5) is 41.8. The molecule has 0 spiro atoms. The lowest BCUT2D eigenvalue weighted by Crippen LogP contribution is -2.51. The largest absolute Gasteiger partial charge is 0.383 e. The number of carbonyl (C=O) groups is 2. The summed E-state index contributed by atoms with van der Waals surface area (Å²) in [5.41, 5.74) is 0.720. The van der Waals surface area contributed by atoms with E-state index >= 15 is 0 Å². The Bertz CT molecular complexity index is 1160. The van der Waals surface area contributed by atoms with Gasteiger partial charge in [-0.15, -0.1) is 0 Å². The SMILES string of the molecule is COCCNc1nc(SC)nc2c1cnn2CCNC(=O)CC1CSC2=NC3CCCCC3C(=O)N21.